The number of aryl methyl sites for hydroxylation is 1. The zero-order valence-corrected chi connectivity index (χ0v) is 13.8. The number of unbranched alkanes of at least 4 members (excludes halogenated alkanes) is 1. The lowest BCUT2D eigenvalue weighted by Crippen LogP contribution is -2.44. The summed E-state index contributed by atoms with van der Waals surface area (Å²) in [5.74, 6) is 0.936. The number of carbonyl (C=O) groups is 1. The van der Waals surface area contributed by atoms with Crippen molar-refractivity contribution in [2.45, 2.75) is 65.5 Å². The second-order valence-electron chi connectivity index (χ2n) is 6.48. The van der Waals surface area contributed by atoms with E-state index >= 15 is 0 Å². The molecule has 1 aromatic heterocycles. The number of amides is 1. The predicted octanol–water partition coefficient (Wildman–Crippen LogP) is 2.60. The fraction of sp³-hybridized carbons (Fsp3) is 0.706. The normalized spacial score (nSPS) is 25.0. The molecule has 1 saturated carbocycles. The molecule has 1 heterocycles. The summed E-state index contributed by atoms with van der Waals surface area (Å²) in [6.07, 6.45) is 5.28. The lowest BCUT2D eigenvalue weighted by Gasteiger charge is -2.34. The van der Waals surface area contributed by atoms with Crippen LogP contribution in [0.25, 0.3) is 0 Å². The molecule has 0 aliphatic heterocycles. The summed E-state index contributed by atoms with van der Waals surface area (Å²) in [6.45, 7) is 7.07. The Balaban J connectivity index is 2.07. The topological polar surface area (TPSA) is 64.0 Å². The van der Waals surface area contributed by atoms with Crippen molar-refractivity contribution in [3.63, 3.8) is 0 Å². The van der Waals surface area contributed by atoms with E-state index in [1.807, 2.05) is 0 Å². The van der Waals surface area contributed by atoms with E-state index in [2.05, 4.69) is 31.2 Å². The number of nitrogens with zero attached hydrogens (tertiary/aromatic N) is 2. The van der Waals surface area contributed by atoms with Crippen molar-refractivity contribution in [2.24, 2.45) is 11.8 Å². The van der Waals surface area contributed by atoms with Crippen molar-refractivity contribution in [1.82, 2.24) is 15.1 Å². The minimum atomic E-state index is -0.170. The second-order valence-corrected chi connectivity index (χ2v) is 6.48. The van der Waals surface area contributed by atoms with E-state index in [0.29, 0.717) is 24.1 Å². The van der Waals surface area contributed by atoms with Crippen molar-refractivity contribution in [3.05, 3.63) is 28.2 Å². The van der Waals surface area contributed by atoms with Crippen LogP contribution in [0, 0.1) is 11.8 Å². The molecule has 5 heteroatoms. The third kappa shape index (κ3) is 3.96. The summed E-state index contributed by atoms with van der Waals surface area (Å²) < 4.78 is 1.39. The molecule has 0 spiro atoms. The molecule has 1 fully saturated rings. The zero-order chi connectivity index (χ0) is 16.1. The van der Waals surface area contributed by atoms with Crippen molar-refractivity contribution >= 4 is 5.91 Å². The first-order chi connectivity index (χ1) is 10.5. The molecule has 0 aromatic carbocycles. The van der Waals surface area contributed by atoms with Gasteiger partial charge in [0, 0.05) is 18.7 Å². The van der Waals surface area contributed by atoms with Crippen molar-refractivity contribution in [2.75, 3.05) is 0 Å². The number of hydrogen-bond donors (Lipinski definition) is 1. The highest BCUT2D eigenvalue weighted by Crippen LogP contribution is 2.29. The molecule has 3 atom stereocenters. The summed E-state index contributed by atoms with van der Waals surface area (Å²) in [5, 5.41) is 7.31. The molecule has 0 bridgehead atoms. The lowest BCUT2D eigenvalue weighted by atomic mass is 9.78. The van der Waals surface area contributed by atoms with Crippen molar-refractivity contribution in [1.29, 1.82) is 0 Å². The molecular weight excluding hydrogens is 278 g/mol. The molecule has 1 aliphatic rings. The lowest BCUT2D eigenvalue weighted by molar-refractivity contribution is 0.0883. The molecule has 1 amide bonds. The number of carbonyl (C=O) groups excluding carboxylic acids is 1. The van der Waals surface area contributed by atoms with E-state index in [1.165, 1.54) is 23.2 Å². The highest BCUT2D eigenvalue weighted by atomic mass is 16.2. The van der Waals surface area contributed by atoms with Gasteiger partial charge < -0.3 is 5.32 Å². The van der Waals surface area contributed by atoms with E-state index in [1.54, 1.807) is 0 Å². The maximum Gasteiger partial charge on any atom is 0.271 e. The van der Waals surface area contributed by atoms with E-state index in [9.17, 15) is 9.59 Å². The van der Waals surface area contributed by atoms with Crippen molar-refractivity contribution < 1.29 is 4.79 Å². The van der Waals surface area contributed by atoms with Gasteiger partial charge in [-0.3, -0.25) is 9.59 Å². The maximum absolute atomic E-state index is 12.4. The van der Waals surface area contributed by atoms with Crippen LogP contribution < -0.4 is 10.9 Å². The van der Waals surface area contributed by atoms with Gasteiger partial charge in [0.05, 0.1) is 0 Å². The molecule has 1 N–H and O–H groups in total. The van der Waals surface area contributed by atoms with E-state index in [-0.39, 0.29) is 17.5 Å². The Morgan fingerprint density at radius 2 is 2.14 bits per heavy atom. The Labute approximate surface area is 132 Å². The molecule has 0 saturated heterocycles. The molecular formula is C17H27N3O2. The number of nitrogens with one attached hydrogen (secondary N) is 1. The second kappa shape index (κ2) is 7.56. The molecule has 2 rings (SSSR count). The first-order valence-electron chi connectivity index (χ1n) is 8.42. The number of hydrogen-bond acceptors (Lipinski definition) is 3. The van der Waals surface area contributed by atoms with Gasteiger partial charge in [0.25, 0.3) is 11.5 Å². The number of rotatable bonds is 5. The fourth-order valence-electron chi connectivity index (χ4n) is 3.07. The van der Waals surface area contributed by atoms with Crippen LogP contribution in [0.15, 0.2) is 16.9 Å². The Kier molecular flexibility index (Phi) is 5.75. The summed E-state index contributed by atoms with van der Waals surface area (Å²) in [7, 11) is 0. The third-order valence-corrected chi connectivity index (χ3v) is 4.85. The SMILES string of the molecule is CCCCn1nc(C(=O)NC2CCCC(C)C2C)ccc1=O. The van der Waals surface area contributed by atoms with Crippen LogP contribution in [-0.2, 0) is 6.54 Å². The van der Waals surface area contributed by atoms with Crippen LogP contribution in [0.1, 0.15) is 63.4 Å². The molecule has 1 aromatic rings. The molecule has 122 valence electrons. The monoisotopic (exact) mass is 305 g/mol. The van der Waals surface area contributed by atoms with Crippen LogP contribution in [0.3, 0.4) is 0 Å². The molecule has 22 heavy (non-hydrogen) atoms. The van der Waals surface area contributed by atoms with Gasteiger partial charge in [0.1, 0.15) is 5.69 Å². The summed E-state index contributed by atoms with van der Waals surface area (Å²) in [4.78, 5) is 24.2. The summed E-state index contributed by atoms with van der Waals surface area (Å²) in [6, 6.07) is 3.16. The summed E-state index contributed by atoms with van der Waals surface area (Å²) >= 11 is 0. The predicted molar refractivity (Wildman–Crippen MR) is 86.8 cm³/mol. The molecule has 5 nitrogen and oxygen atoms in total. The van der Waals surface area contributed by atoms with Gasteiger partial charge >= 0.3 is 0 Å². The average Bonchev–Trinajstić information content (AvgIpc) is 2.51. The average molecular weight is 305 g/mol. The van der Waals surface area contributed by atoms with Gasteiger partial charge in [-0.1, -0.05) is 40.0 Å². The first kappa shape index (κ1) is 16.7. The minimum absolute atomic E-state index is 0.148. The van der Waals surface area contributed by atoms with Crippen molar-refractivity contribution in [3.8, 4) is 0 Å². The van der Waals surface area contributed by atoms with Gasteiger partial charge in [-0.15, -0.1) is 0 Å². The smallest absolute Gasteiger partial charge is 0.271 e. The summed E-state index contributed by atoms with van der Waals surface area (Å²) in [5.41, 5.74) is 0.186. The first-order valence-corrected chi connectivity index (χ1v) is 8.42. The van der Waals surface area contributed by atoms with E-state index in [4.69, 9.17) is 0 Å². The molecule has 0 radical (unpaired) electrons. The Morgan fingerprint density at radius 3 is 2.86 bits per heavy atom. The van der Waals surface area contributed by atoms with E-state index < -0.39 is 0 Å². The highest BCUT2D eigenvalue weighted by Gasteiger charge is 2.28. The largest absolute Gasteiger partial charge is 0.348 e. The minimum Gasteiger partial charge on any atom is -0.348 e. The Bertz CT molecular complexity index is 567. The van der Waals surface area contributed by atoms with Gasteiger partial charge in [0.15, 0.2) is 0 Å². The van der Waals surface area contributed by atoms with Gasteiger partial charge in [-0.05, 0) is 30.7 Å². The van der Waals surface area contributed by atoms with Gasteiger partial charge in [-0.2, -0.15) is 5.10 Å². The van der Waals surface area contributed by atoms with E-state index in [0.717, 1.165) is 25.7 Å². The zero-order valence-electron chi connectivity index (χ0n) is 13.8. The van der Waals surface area contributed by atoms with Crippen LogP contribution in [0.2, 0.25) is 0 Å². The highest BCUT2D eigenvalue weighted by molar-refractivity contribution is 5.92. The molecule has 1 aliphatic carbocycles. The van der Waals surface area contributed by atoms with Crippen LogP contribution in [0.5, 0.6) is 0 Å². The van der Waals surface area contributed by atoms with Gasteiger partial charge in [0.2, 0.25) is 0 Å². The third-order valence-electron chi connectivity index (χ3n) is 4.85. The Morgan fingerprint density at radius 1 is 1.36 bits per heavy atom. The quantitative estimate of drug-likeness (QED) is 0.909. The molecule has 3 unspecified atom stereocenters. The Hall–Kier alpha value is -1.65. The standard InChI is InChI=1S/C17H27N3O2/c1-4-5-11-20-16(21)10-9-15(19-20)17(22)18-14-8-6-7-12(2)13(14)3/h9-10,12-14H,4-8,11H2,1-3H3,(H,18,22). The van der Waals surface area contributed by atoms with Crippen LogP contribution in [-0.4, -0.2) is 21.7 Å². The fourth-order valence-corrected chi connectivity index (χ4v) is 3.07. The van der Waals surface area contributed by atoms with Crippen LogP contribution in [0.4, 0.5) is 0 Å². The maximum atomic E-state index is 12.4. The number of aromatic nitrogens is 2. The van der Waals surface area contributed by atoms with Gasteiger partial charge in [-0.25, -0.2) is 4.68 Å². The van der Waals surface area contributed by atoms with Crippen LogP contribution >= 0.6 is 0 Å².